The lowest BCUT2D eigenvalue weighted by Gasteiger charge is -2.19. The van der Waals surface area contributed by atoms with Crippen LogP contribution in [0.25, 0.3) is 0 Å². The largest absolute Gasteiger partial charge is 0.386 e. The van der Waals surface area contributed by atoms with Crippen LogP contribution in [-0.4, -0.2) is 30.3 Å². The van der Waals surface area contributed by atoms with Crippen LogP contribution in [0.5, 0.6) is 0 Å². The van der Waals surface area contributed by atoms with Crippen molar-refractivity contribution in [2.75, 3.05) is 13.2 Å². The van der Waals surface area contributed by atoms with Crippen LogP contribution in [0.4, 0.5) is 0 Å². The van der Waals surface area contributed by atoms with Gasteiger partial charge in [0.2, 0.25) is 0 Å². The number of carbonyl (C=O) groups is 1. The molecule has 1 amide bonds. The SMILES string of the molecule is O=C1NCCCc2ccc(C(O)C3CCCO3)cc21. The maximum Gasteiger partial charge on any atom is 0.251 e. The monoisotopic (exact) mass is 261 g/mol. The number of hydrogen-bond acceptors (Lipinski definition) is 3. The second-order valence-electron chi connectivity index (χ2n) is 5.27. The molecule has 2 heterocycles. The number of amides is 1. The van der Waals surface area contributed by atoms with E-state index in [-0.39, 0.29) is 12.0 Å². The third kappa shape index (κ3) is 2.51. The van der Waals surface area contributed by atoms with Gasteiger partial charge in [0.25, 0.3) is 5.91 Å². The molecular formula is C15H19NO3. The van der Waals surface area contributed by atoms with E-state index in [9.17, 15) is 9.90 Å². The molecule has 1 aromatic rings. The van der Waals surface area contributed by atoms with Crippen LogP contribution in [-0.2, 0) is 11.2 Å². The van der Waals surface area contributed by atoms with Crippen molar-refractivity contribution < 1.29 is 14.6 Å². The highest BCUT2D eigenvalue weighted by Gasteiger charge is 2.26. The van der Waals surface area contributed by atoms with Gasteiger partial charge in [0.1, 0.15) is 6.10 Å². The fourth-order valence-electron chi connectivity index (χ4n) is 2.85. The van der Waals surface area contributed by atoms with Crippen LogP contribution in [0, 0.1) is 0 Å². The molecule has 19 heavy (non-hydrogen) atoms. The van der Waals surface area contributed by atoms with Gasteiger partial charge in [0, 0.05) is 18.7 Å². The highest BCUT2D eigenvalue weighted by Crippen LogP contribution is 2.28. The van der Waals surface area contributed by atoms with Crippen LogP contribution in [0.1, 0.15) is 46.9 Å². The molecule has 2 aliphatic rings. The van der Waals surface area contributed by atoms with Gasteiger partial charge in [-0.25, -0.2) is 0 Å². The Labute approximate surface area is 112 Å². The Balaban J connectivity index is 1.89. The van der Waals surface area contributed by atoms with Gasteiger partial charge in [-0.1, -0.05) is 12.1 Å². The Kier molecular flexibility index (Phi) is 3.53. The molecule has 2 unspecified atom stereocenters. The minimum atomic E-state index is -0.635. The molecule has 2 atom stereocenters. The molecule has 1 fully saturated rings. The highest BCUT2D eigenvalue weighted by molar-refractivity contribution is 5.96. The van der Waals surface area contributed by atoms with E-state index in [4.69, 9.17) is 4.74 Å². The number of aliphatic hydroxyl groups is 1. The highest BCUT2D eigenvalue weighted by atomic mass is 16.5. The first-order chi connectivity index (χ1) is 9.25. The summed E-state index contributed by atoms with van der Waals surface area (Å²) < 4.78 is 5.51. The summed E-state index contributed by atoms with van der Waals surface area (Å²) in [7, 11) is 0. The predicted octanol–water partition coefficient (Wildman–Crippen LogP) is 1.57. The molecular weight excluding hydrogens is 242 g/mol. The second kappa shape index (κ2) is 5.31. The van der Waals surface area contributed by atoms with Crippen LogP contribution >= 0.6 is 0 Å². The number of aliphatic hydroxyl groups excluding tert-OH is 1. The average Bonchev–Trinajstić information content (AvgIpc) is 2.90. The van der Waals surface area contributed by atoms with E-state index in [1.807, 2.05) is 18.2 Å². The zero-order valence-corrected chi connectivity index (χ0v) is 10.9. The lowest BCUT2D eigenvalue weighted by molar-refractivity contribution is -0.00261. The van der Waals surface area contributed by atoms with Crippen LogP contribution in [0.2, 0.25) is 0 Å². The van der Waals surface area contributed by atoms with Crippen molar-refractivity contribution in [1.82, 2.24) is 5.32 Å². The Hall–Kier alpha value is -1.39. The molecule has 2 aliphatic heterocycles. The quantitative estimate of drug-likeness (QED) is 0.849. The first-order valence-corrected chi connectivity index (χ1v) is 6.96. The van der Waals surface area contributed by atoms with Crippen molar-refractivity contribution >= 4 is 5.91 Å². The molecule has 3 rings (SSSR count). The molecule has 4 heteroatoms. The molecule has 0 aliphatic carbocycles. The third-order valence-corrected chi connectivity index (χ3v) is 3.95. The molecule has 0 radical (unpaired) electrons. The first-order valence-electron chi connectivity index (χ1n) is 6.96. The van der Waals surface area contributed by atoms with Crippen molar-refractivity contribution in [3.8, 4) is 0 Å². The number of hydrogen-bond donors (Lipinski definition) is 2. The maximum absolute atomic E-state index is 12.0. The molecule has 0 spiro atoms. The van der Waals surface area contributed by atoms with E-state index in [0.717, 1.165) is 43.4 Å². The summed E-state index contributed by atoms with van der Waals surface area (Å²) >= 11 is 0. The number of fused-ring (bicyclic) bond motifs is 1. The summed E-state index contributed by atoms with van der Waals surface area (Å²) in [6, 6.07) is 5.71. The molecule has 1 saturated heterocycles. The Bertz CT molecular complexity index is 480. The van der Waals surface area contributed by atoms with E-state index in [2.05, 4.69) is 5.32 Å². The number of nitrogens with one attached hydrogen (secondary N) is 1. The normalized spacial score (nSPS) is 24.5. The minimum absolute atomic E-state index is 0.0334. The zero-order chi connectivity index (χ0) is 13.2. The summed E-state index contributed by atoms with van der Waals surface area (Å²) in [4.78, 5) is 12.0. The van der Waals surface area contributed by atoms with Crippen molar-refractivity contribution in [3.63, 3.8) is 0 Å². The Morgan fingerprint density at radius 2 is 2.26 bits per heavy atom. The number of ether oxygens (including phenoxy) is 1. The topological polar surface area (TPSA) is 58.6 Å². The van der Waals surface area contributed by atoms with E-state index in [1.54, 1.807) is 0 Å². The smallest absolute Gasteiger partial charge is 0.251 e. The van der Waals surface area contributed by atoms with Crippen molar-refractivity contribution in [2.45, 2.75) is 37.9 Å². The fraction of sp³-hybridized carbons (Fsp3) is 0.533. The number of benzene rings is 1. The number of rotatable bonds is 2. The van der Waals surface area contributed by atoms with Gasteiger partial charge in [0.15, 0.2) is 0 Å². The average molecular weight is 261 g/mol. The van der Waals surface area contributed by atoms with Gasteiger partial charge in [-0.05, 0) is 42.9 Å². The fourth-order valence-corrected chi connectivity index (χ4v) is 2.85. The lowest BCUT2D eigenvalue weighted by atomic mass is 9.96. The third-order valence-electron chi connectivity index (χ3n) is 3.95. The summed E-state index contributed by atoms with van der Waals surface area (Å²) in [6.07, 6.45) is 2.98. The van der Waals surface area contributed by atoms with E-state index >= 15 is 0 Å². The second-order valence-corrected chi connectivity index (χ2v) is 5.27. The molecule has 0 aromatic heterocycles. The van der Waals surface area contributed by atoms with Gasteiger partial charge in [0.05, 0.1) is 6.10 Å². The van der Waals surface area contributed by atoms with Crippen LogP contribution in [0.3, 0.4) is 0 Å². The van der Waals surface area contributed by atoms with Crippen molar-refractivity contribution in [1.29, 1.82) is 0 Å². The van der Waals surface area contributed by atoms with Crippen LogP contribution in [0.15, 0.2) is 18.2 Å². The van der Waals surface area contributed by atoms with E-state index in [1.165, 1.54) is 0 Å². The molecule has 0 saturated carbocycles. The van der Waals surface area contributed by atoms with Crippen LogP contribution < -0.4 is 5.32 Å². The van der Waals surface area contributed by atoms with E-state index in [0.29, 0.717) is 12.2 Å². The minimum Gasteiger partial charge on any atom is -0.386 e. The molecule has 102 valence electrons. The summed E-state index contributed by atoms with van der Waals surface area (Å²) in [6.45, 7) is 1.43. The maximum atomic E-state index is 12.0. The summed E-state index contributed by atoms with van der Waals surface area (Å²) in [5, 5.41) is 13.2. The molecule has 4 nitrogen and oxygen atoms in total. The number of carbonyl (C=O) groups excluding carboxylic acids is 1. The van der Waals surface area contributed by atoms with Gasteiger partial charge in [-0.15, -0.1) is 0 Å². The van der Waals surface area contributed by atoms with E-state index < -0.39 is 6.10 Å². The summed E-state index contributed by atoms with van der Waals surface area (Å²) in [5.41, 5.74) is 2.55. The summed E-state index contributed by atoms with van der Waals surface area (Å²) in [5.74, 6) is -0.0334. The van der Waals surface area contributed by atoms with Crippen molar-refractivity contribution in [3.05, 3.63) is 34.9 Å². The van der Waals surface area contributed by atoms with Gasteiger partial charge in [-0.2, -0.15) is 0 Å². The zero-order valence-electron chi connectivity index (χ0n) is 10.9. The molecule has 0 bridgehead atoms. The molecule has 2 N–H and O–H groups in total. The lowest BCUT2D eigenvalue weighted by Crippen LogP contribution is -2.23. The van der Waals surface area contributed by atoms with Crippen molar-refractivity contribution in [2.24, 2.45) is 0 Å². The van der Waals surface area contributed by atoms with Gasteiger partial charge >= 0.3 is 0 Å². The number of aryl methyl sites for hydroxylation is 1. The van der Waals surface area contributed by atoms with Gasteiger partial charge in [-0.3, -0.25) is 4.79 Å². The predicted molar refractivity (Wildman–Crippen MR) is 71.0 cm³/mol. The molecule has 1 aromatic carbocycles. The Morgan fingerprint density at radius 3 is 3.05 bits per heavy atom. The first kappa shape index (κ1) is 12.6. The Morgan fingerprint density at radius 1 is 1.37 bits per heavy atom. The van der Waals surface area contributed by atoms with Gasteiger partial charge < -0.3 is 15.2 Å². The standard InChI is InChI=1S/C15H19NO3/c17-14(13-4-2-8-19-13)11-6-5-10-3-1-7-16-15(18)12(10)9-11/h5-6,9,13-14,17H,1-4,7-8H2,(H,16,18).